The number of allylic oxidation sites excluding steroid dienone is 1. The van der Waals surface area contributed by atoms with Crippen LogP contribution in [0.5, 0.6) is 11.5 Å². The minimum Gasteiger partial charge on any atom is -0.454 e. The summed E-state index contributed by atoms with van der Waals surface area (Å²) in [6.07, 6.45) is -10.2. The van der Waals surface area contributed by atoms with E-state index in [4.69, 9.17) is 21.1 Å². The molecule has 3 atom stereocenters. The average Bonchev–Trinajstić information content (AvgIpc) is 3.37. The summed E-state index contributed by atoms with van der Waals surface area (Å²) in [5, 5.41) is 8.23. The van der Waals surface area contributed by atoms with Crippen molar-refractivity contribution < 1.29 is 45.3 Å². The smallest absolute Gasteiger partial charge is 0.412 e. The fourth-order valence-electron chi connectivity index (χ4n) is 3.67. The van der Waals surface area contributed by atoms with Crippen molar-refractivity contribution in [2.24, 2.45) is 17.3 Å². The van der Waals surface area contributed by atoms with Crippen LogP contribution in [0, 0.1) is 34.4 Å². The molecule has 0 aliphatic heterocycles. The Labute approximate surface area is 213 Å². The van der Waals surface area contributed by atoms with Crippen molar-refractivity contribution in [1.29, 1.82) is 5.26 Å². The van der Waals surface area contributed by atoms with Gasteiger partial charge in [-0.1, -0.05) is 55.8 Å². The molecule has 1 aliphatic rings. The largest absolute Gasteiger partial charge is 0.454 e. The Bertz CT molecular complexity index is 1210. The summed E-state index contributed by atoms with van der Waals surface area (Å²) in [4.78, 5) is 12.8. The molecule has 0 radical (unpaired) electrons. The van der Waals surface area contributed by atoms with Crippen LogP contribution < -0.4 is 4.74 Å². The Morgan fingerprint density at radius 2 is 1.81 bits per heavy atom. The molecule has 5 nitrogen and oxygen atoms in total. The highest BCUT2D eigenvalue weighted by atomic mass is 35.5. The molecule has 0 amide bonds. The summed E-state index contributed by atoms with van der Waals surface area (Å²) < 4.78 is 93.1. The van der Waals surface area contributed by atoms with Crippen molar-refractivity contribution >= 4 is 17.6 Å². The lowest BCUT2D eigenvalue weighted by Crippen LogP contribution is -2.28. The molecule has 0 N–H and O–H groups in total. The number of hydrogen-bond acceptors (Lipinski definition) is 5. The minimum absolute atomic E-state index is 0.0962. The minimum atomic E-state index is -5.00. The lowest BCUT2D eigenvalue weighted by molar-refractivity contribution is -0.267. The zero-order valence-corrected chi connectivity index (χ0v) is 20.1. The van der Waals surface area contributed by atoms with Crippen LogP contribution in [-0.4, -0.2) is 24.9 Å². The summed E-state index contributed by atoms with van der Waals surface area (Å²) in [7, 11) is 0. The Hall–Kier alpha value is -3.23. The van der Waals surface area contributed by atoms with E-state index in [0.717, 1.165) is 12.1 Å². The van der Waals surface area contributed by atoms with Gasteiger partial charge in [0.2, 0.25) is 6.10 Å². The number of ether oxygens (including phenoxy) is 3. The lowest BCUT2D eigenvalue weighted by Gasteiger charge is -2.17. The fraction of sp³-hybridized carbons (Fsp3) is 0.360. The van der Waals surface area contributed by atoms with Crippen LogP contribution in [0.3, 0.4) is 0 Å². The number of alkyl halides is 5. The summed E-state index contributed by atoms with van der Waals surface area (Å²) in [6.45, 7) is 0.842. The third-order valence-corrected chi connectivity index (χ3v) is 6.11. The van der Waals surface area contributed by atoms with Gasteiger partial charge in [-0.2, -0.15) is 27.2 Å². The quantitative estimate of drug-likeness (QED) is 0.243. The fourth-order valence-corrected chi connectivity index (χ4v) is 3.86. The molecule has 0 heterocycles. The summed E-state index contributed by atoms with van der Waals surface area (Å²) in [6, 6.07) is 13.4. The number of benzene rings is 2. The van der Waals surface area contributed by atoms with Crippen LogP contribution >= 0.6 is 11.6 Å². The molecule has 0 bridgehead atoms. The molecular weight excluding hydrogens is 528 g/mol. The number of rotatable bonds is 9. The first-order valence-corrected chi connectivity index (χ1v) is 11.1. The first kappa shape index (κ1) is 28.3. The van der Waals surface area contributed by atoms with E-state index < -0.39 is 59.1 Å². The molecule has 1 saturated carbocycles. The number of halogens is 7. The van der Waals surface area contributed by atoms with Crippen molar-refractivity contribution in [3.05, 3.63) is 71.0 Å². The number of nitrogens with zero attached hydrogens (tertiary/aromatic N) is 1. The predicted octanol–water partition coefficient (Wildman–Crippen LogP) is 7.29. The molecule has 0 spiro atoms. The number of carbonyl (C=O) groups is 1. The Morgan fingerprint density at radius 3 is 2.41 bits per heavy atom. The molecular formula is C25H20ClF6NO4. The van der Waals surface area contributed by atoms with E-state index in [2.05, 4.69) is 4.74 Å². The Balaban J connectivity index is 1.72. The molecule has 1 fully saturated rings. The molecule has 37 heavy (non-hydrogen) atoms. The molecule has 12 heteroatoms. The monoisotopic (exact) mass is 547 g/mol. The van der Waals surface area contributed by atoms with Crippen molar-refractivity contribution in [2.45, 2.75) is 32.2 Å². The van der Waals surface area contributed by atoms with Crippen LogP contribution in [0.4, 0.5) is 26.3 Å². The third-order valence-electron chi connectivity index (χ3n) is 5.77. The van der Waals surface area contributed by atoms with E-state index >= 15 is 0 Å². The van der Waals surface area contributed by atoms with E-state index in [1.54, 1.807) is 36.4 Å². The highest BCUT2D eigenvalue weighted by Crippen LogP contribution is 2.60. The van der Waals surface area contributed by atoms with Gasteiger partial charge in [-0.25, -0.2) is 4.39 Å². The van der Waals surface area contributed by atoms with Crippen molar-refractivity contribution in [2.75, 3.05) is 6.61 Å². The normalized spacial score (nSPS) is 20.1. The molecule has 1 aliphatic carbocycles. The summed E-state index contributed by atoms with van der Waals surface area (Å²) >= 11 is 5.53. The van der Waals surface area contributed by atoms with Crippen LogP contribution in [0.1, 0.15) is 25.5 Å². The molecule has 3 rings (SSSR count). The molecule has 198 valence electrons. The van der Waals surface area contributed by atoms with Crippen LogP contribution in [0.15, 0.2) is 59.6 Å². The maximum Gasteiger partial charge on any atom is 0.412 e. The highest BCUT2D eigenvalue weighted by Gasteiger charge is 2.62. The number of para-hydroxylation sites is 1. The number of nitriles is 1. The Morgan fingerprint density at radius 1 is 1.16 bits per heavy atom. The van der Waals surface area contributed by atoms with E-state index in [1.807, 2.05) is 0 Å². The van der Waals surface area contributed by atoms with Gasteiger partial charge in [0.05, 0.1) is 5.92 Å². The van der Waals surface area contributed by atoms with Gasteiger partial charge in [0, 0.05) is 5.56 Å². The topological polar surface area (TPSA) is 68.5 Å². The number of esters is 1. The zero-order chi connectivity index (χ0) is 27.6. The Kier molecular flexibility index (Phi) is 8.15. The van der Waals surface area contributed by atoms with E-state index in [-0.39, 0.29) is 11.3 Å². The second-order valence-electron chi connectivity index (χ2n) is 8.81. The number of hydrogen-bond donors (Lipinski definition) is 0. The maximum atomic E-state index is 14.2. The van der Waals surface area contributed by atoms with Gasteiger partial charge in [-0.05, 0) is 35.6 Å². The molecule has 3 unspecified atom stereocenters. The van der Waals surface area contributed by atoms with Crippen LogP contribution in [0.2, 0.25) is 0 Å². The molecule has 2 aromatic carbocycles. The van der Waals surface area contributed by atoms with E-state index in [1.165, 1.54) is 26.0 Å². The van der Waals surface area contributed by atoms with Gasteiger partial charge in [0.15, 0.2) is 11.6 Å². The van der Waals surface area contributed by atoms with Crippen LogP contribution in [-0.2, 0) is 14.3 Å². The van der Waals surface area contributed by atoms with Gasteiger partial charge >= 0.3 is 18.3 Å². The standard InChI is InChI=1S/C25H20ClF6NO4/c1-23(2)16(11-20(26)25(31,32)35-13-24(28,29)30)21(23)22(34)37-19(12-33)14-8-9-17(27)18(10-14)36-15-6-4-3-5-7-15/h3-11,16,19,21H,13H2,1-2H3. The molecule has 2 aromatic rings. The lowest BCUT2D eigenvalue weighted by atomic mass is 10.1. The van der Waals surface area contributed by atoms with Gasteiger partial charge in [0.25, 0.3) is 0 Å². The highest BCUT2D eigenvalue weighted by molar-refractivity contribution is 6.30. The zero-order valence-electron chi connectivity index (χ0n) is 19.4. The van der Waals surface area contributed by atoms with Gasteiger partial charge in [-0.15, -0.1) is 0 Å². The van der Waals surface area contributed by atoms with E-state index in [0.29, 0.717) is 5.75 Å². The second kappa shape index (κ2) is 10.6. The molecule has 0 saturated heterocycles. The van der Waals surface area contributed by atoms with Gasteiger partial charge in [0.1, 0.15) is 23.5 Å². The van der Waals surface area contributed by atoms with Gasteiger partial charge < -0.3 is 14.2 Å². The SMILES string of the molecule is CC1(C)C(C=C(Cl)C(F)(F)OCC(F)(F)F)C1C(=O)OC(C#N)c1ccc(F)c(Oc2ccccc2)c1. The maximum absolute atomic E-state index is 14.2. The third kappa shape index (κ3) is 6.96. The average molecular weight is 548 g/mol. The van der Waals surface area contributed by atoms with Crippen molar-refractivity contribution in [1.82, 2.24) is 0 Å². The molecule has 0 aromatic heterocycles. The van der Waals surface area contributed by atoms with Crippen molar-refractivity contribution in [3.63, 3.8) is 0 Å². The van der Waals surface area contributed by atoms with Crippen LogP contribution in [0.25, 0.3) is 0 Å². The summed E-state index contributed by atoms with van der Waals surface area (Å²) in [5.74, 6) is -3.52. The second-order valence-corrected chi connectivity index (χ2v) is 9.22. The summed E-state index contributed by atoms with van der Waals surface area (Å²) in [5.41, 5.74) is -0.860. The van der Waals surface area contributed by atoms with Crippen molar-refractivity contribution in [3.8, 4) is 17.6 Å². The predicted molar refractivity (Wildman–Crippen MR) is 119 cm³/mol. The van der Waals surface area contributed by atoms with Gasteiger partial charge in [-0.3, -0.25) is 4.79 Å². The first-order valence-electron chi connectivity index (χ1n) is 10.7. The van der Waals surface area contributed by atoms with E-state index in [9.17, 15) is 36.4 Å². The first-order chi connectivity index (χ1) is 17.2. The number of carbonyl (C=O) groups excluding carboxylic acids is 1.